The number of nitrogens with one attached hydrogen (secondary N) is 2. The molecule has 2 nitrogen and oxygen atoms in total. The number of thiophene rings is 1. The third-order valence-electron chi connectivity index (χ3n) is 3.95. The number of fused-ring (bicyclic) bond motifs is 1. The number of anilines is 1. The molecule has 0 radical (unpaired) electrons. The average Bonchev–Trinajstić information content (AvgIpc) is 2.91. The van der Waals surface area contributed by atoms with Crippen molar-refractivity contribution >= 4 is 17.0 Å². The van der Waals surface area contributed by atoms with Gasteiger partial charge in [-0.15, -0.1) is 11.3 Å². The Morgan fingerprint density at radius 2 is 2.20 bits per heavy atom. The van der Waals surface area contributed by atoms with Crippen LogP contribution in [-0.2, 0) is 13.0 Å². The molecule has 0 fully saturated rings. The maximum absolute atomic E-state index is 3.65. The molecule has 1 aromatic heterocycles. The van der Waals surface area contributed by atoms with E-state index in [0.29, 0.717) is 6.04 Å². The van der Waals surface area contributed by atoms with Gasteiger partial charge < -0.3 is 10.6 Å². The highest BCUT2D eigenvalue weighted by Crippen LogP contribution is 2.27. The summed E-state index contributed by atoms with van der Waals surface area (Å²) in [4.78, 5) is 2.80. The molecule has 2 heterocycles. The lowest BCUT2D eigenvalue weighted by molar-refractivity contribution is 0.582. The van der Waals surface area contributed by atoms with Crippen LogP contribution in [0.25, 0.3) is 0 Å². The molecule has 1 aliphatic heterocycles. The molecule has 0 amide bonds. The molecule has 1 atom stereocenters. The third-order valence-corrected chi connectivity index (χ3v) is 5.13. The van der Waals surface area contributed by atoms with Crippen molar-refractivity contribution in [2.75, 3.05) is 11.9 Å². The molecule has 0 saturated carbocycles. The van der Waals surface area contributed by atoms with E-state index in [4.69, 9.17) is 0 Å². The summed E-state index contributed by atoms with van der Waals surface area (Å²) in [5.74, 6) is 0. The van der Waals surface area contributed by atoms with Crippen LogP contribution in [-0.4, -0.2) is 6.54 Å². The van der Waals surface area contributed by atoms with Gasteiger partial charge >= 0.3 is 0 Å². The summed E-state index contributed by atoms with van der Waals surface area (Å²) in [6.45, 7) is 6.43. The summed E-state index contributed by atoms with van der Waals surface area (Å²) in [6, 6.07) is 11.5. The first-order valence-corrected chi connectivity index (χ1v) is 8.20. The zero-order chi connectivity index (χ0) is 13.9. The largest absolute Gasteiger partial charge is 0.385 e. The minimum atomic E-state index is 0.410. The van der Waals surface area contributed by atoms with Gasteiger partial charge in [-0.05, 0) is 49.9 Å². The monoisotopic (exact) mass is 286 g/mol. The lowest BCUT2D eigenvalue weighted by Crippen LogP contribution is -2.20. The molecular formula is C17H22N2S. The van der Waals surface area contributed by atoms with Crippen molar-refractivity contribution in [2.24, 2.45) is 0 Å². The smallest absolute Gasteiger partial charge is 0.0418 e. The Balaban J connectivity index is 1.69. The Morgan fingerprint density at radius 1 is 1.30 bits per heavy atom. The maximum Gasteiger partial charge on any atom is 0.0418 e. The van der Waals surface area contributed by atoms with Crippen molar-refractivity contribution in [3.63, 3.8) is 0 Å². The SMILES string of the molecule is Cc1ccc(C(C)NCc2cccc3c2NCCC3)s1. The van der Waals surface area contributed by atoms with Gasteiger partial charge in [0.15, 0.2) is 0 Å². The van der Waals surface area contributed by atoms with Gasteiger partial charge in [-0.25, -0.2) is 0 Å². The highest BCUT2D eigenvalue weighted by molar-refractivity contribution is 7.12. The molecular weight excluding hydrogens is 264 g/mol. The number of hydrogen-bond acceptors (Lipinski definition) is 3. The van der Waals surface area contributed by atoms with Crippen molar-refractivity contribution in [3.05, 3.63) is 51.2 Å². The fraction of sp³-hybridized carbons (Fsp3) is 0.412. The second-order valence-electron chi connectivity index (χ2n) is 5.53. The molecule has 0 saturated heterocycles. The van der Waals surface area contributed by atoms with Crippen LogP contribution in [0.3, 0.4) is 0 Å². The van der Waals surface area contributed by atoms with E-state index in [0.717, 1.165) is 13.1 Å². The van der Waals surface area contributed by atoms with E-state index < -0.39 is 0 Å². The predicted molar refractivity (Wildman–Crippen MR) is 87.6 cm³/mol. The van der Waals surface area contributed by atoms with Crippen LogP contribution in [0.2, 0.25) is 0 Å². The van der Waals surface area contributed by atoms with E-state index in [2.05, 4.69) is 54.8 Å². The quantitative estimate of drug-likeness (QED) is 0.877. The topological polar surface area (TPSA) is 24.1 Å². The van der Waals surface area contributed by atoms with E-state index >= 15 is 0 Å². The van der Waals surface area contributed by atoms with Gasteiger partial charge in [-0.3, -0.25) is 0 Å². The molecule has 0 aliphatic carbocycles. The van der Waals surface area contributed by atoms with Gasteiger partial charge in [0.25, 0.3) is 0 Å². The minimum Gasteiger partial charge on any atom is -0.385 e. The highest BCUT2D eigenvalue weighted by Gasteiger charge is 2.13. The summed E-state index contributed by atoms with van der Waals surface area (Å²) in [6.07, 6.45) is 2.45. The van der Waals surface area contributed by atoms with Gasteiger partial charge in [-0.1, -0.05) is 18.2 Å². The van der Waals surface area contributed by atoms with Crippen molar-refractivity contribution in [3.8, 4) is 0 Å². The Labute approximate surface area is 125 Å². The van der Waals surface area contributed by atoms with Gasteiger partial charge in [-0.2, -0.15) is 0 Å². The summed E-state index contributed by atoms with van der Waals surface area (Å²) in [7, 11) is 0. The second-order valence-corrected chi connectivity index (χ2v) is 6.85. The van der Waals surface area contributed by atoms with Crippen LogP contribution >= 0.6 is 11.3 Å². The number of rotatable bonds is 4. The van der Waals surface area contributed by atoms with Gasteiger partial charge in [0.2, 0.25) is 0 Å². The van der Waals surface area contributed by atoms with Gasteiger partial charge in [0.05, 0.1) is 0 Å². The number of benzene rings is 1. The van der Waals surface area contributed by atoms with Crippen molar-refractivity contribution < 1.29 is 0 Å². The molecule has 106 valence electrons. The van der Waals surface area contributed by atoms with Crippen LogP contribution in [0.15, 0.2) is 30.3 Å². The molecule has 20 heavy (non-hydrogen) atoms. The maximum atomic E-state index is 3.65. The van der Waals surface area contributed by atoms with Crippen molar-refractivity contribution in [2.45, 2.75) is 39.3 Å². The first-order valence-electron chi connectivity index (χ1n) is 7.38. The molecule has 3 rings (SSSR count). The second kappa shape index (κ2) is 5.98. The number of para-hydroxylation sites is 1. The van der Waals surface area contributed by atoms with Gasteiger partial charge in [0, 0.05) is 34.6 Å². The van der Waals surface area contributed by atoms with E-state index in [1.807, 2.05) is 11.3 Å². The summed E-state index contributed by atoms with van der Waals surface area (Å²) >= 11 is 1.88. The van der Waals surface area contributed by atoms with Crippen LogP contribution in [0.4, 0.5) is 5.69 Å². The lowest BCUT2D eigenvalue weighted by atomic mass is 9.99. The zero-order valence-electron chi connectivity index (χ0n) is 12.2. The highest BCUT2D eigenvalue weighted by atomic mass is 32.1. The van der Waals surface area contributed by atoms with E-state index in [-0.39, 0.29) is 0 Å². The molecule has 1 aromatic carbocycles. The van der Waals surface area contributed by atoms with E-state index in [1.54, 1.807) is 0 Å². The molecule has 0 bridgehead atoms. The third kappa shape index (κ3) is 2.89. The summed E-state index contributed by atoms with van der Waals surface area (Å²) < 4.78 is 0. The Morgan fingerprint density at radius 3 is 3.00 bits per heavy atom. The van der Waals surface area contributed by atoms with Crippen molar-refractivity contribution in [1.82, 2.24) is 5.32 Å². The fourth-order valence-corrected chi connectivity index (χ4v) is 3.68. The molecule has 1 unspecified atom stereocenters. The Hall–Kier alpha value is -1.32. The summed E-state index contributed by atoms with van der Waals surface area (Å²) in [5, 5.41) is 7.21. The standard InChI is InChI=1S/C17H22N2S/c1-12-8-9-16(20-12)13(2)19-11-15-6-3-5-14-7-4-10-18-17(14)15/h3,5-6,8-9,13,18-19H,4,7,10-11H2,1-2H3. The van der Waals surface area contributed by atoms with Gasteiger partial charge in [0.1, 0.15) is 0 Å². The lowest BCUT2D eigenvalue weighted by Gasteiger charge is -2.22. The predicted octanol–water partition coefficient (Wildman–Crippen LogP) is 4.27. The first-order chi connectivity index (χ1) is 9.74. The molecule has 1 aliphatic rings. The Kier molecular flexibility index (Phi) is 4.08. The zero-order valence-corrected chi connectivity index (χ0v) is 13.0. The van der Waals surface area contributed by atoms with Crippen molar-refractivity contribution in [1.29, 1.82) is 0 Å². The fourth-order valence-electron chi connectivity index (χ4n) is 2.78. The van der Waals surface area contributed by atoms with Crippen LogP contribution < -0.4 is 10.6 Å². The van der Waals surface area contributed by atoms with Crippen LogP contribution in [0.1, 0.15) is 40.3 Å². The molecule has 0 spiro atoms. The van der Waals surface area contributed by atoms with E-state index in [9.17, 15) is 0 Å². The van der Waals surface area contributed by atoms with Crippen LogP contribution in [0.5, 0.6) is 0 Å². The van der Waals surface area contributed by atoms with Crippen LogP contribution in [0, 0.1) is 6.92 Å². The first kappa shape index (κ1) is 13.7. The number of aryl methyl sites for hydroxylation is 2. The molecule has 2 aromatic rings. The Bertz CT molecular complexity index is 588. The number of hydrogen-bond donors (Lipinski definition) is 2. The molecule has 2 N–H and O–H groups in total. The van der Waals surface area contributed by atoms with E-state index in [1.165, 1.54) is 39.4 Å². The normalized spacial score (nSPS) is 15.5. The minimum absolute atomic E-state index is 0.410. The summed E-state index contributed by atoms with van der Waals surface area (Å²) in [5.41, 5.74) is 4.22. The molecule has 3 heteroatoms. The average molecular weight is 286 g/mol.